The lowest BCUT2D eigenvalue weighted by atomic mass is 10.1. The molecule has 19 heavy (non-hydrogen) atoms. The molecule has 0 atom stereocenters. The molecule has 0 heterocycles. The van der Waals surface area contributed by atoms with Crippen LogP contribution < -0.4 is 5.32 Å². The van der Waals surface area contributed by atoms with Crippen molar-refractivity contribution in [2.45, 2.75) is 13.0 Å². The molecule has 0 aromatic heterocycles. The second-order valence-electron chi connectivity index (χ2n) is 3.99. The molecule has 2 aromatic rings. The molecule has 0 fully saturated rings. The summed E-state index contributed by atoms with van der Waals surface area (Å²) in [6, 6.07) is 9.13. The number of para-hydroxylation sites is 1. The van der Waals surface area contributed by atoms with Gasteiger partial charge in [0.15, 0.2) is 0 Å². The van der Waals surface area contributed by atoms with Gasteiger partial charge in [0.05, 0.1) is 0 Å². The van der Waals surface area contributed by atoms with Gasteiger partial charge in [0, 0.05) is 12.1 Å². The fraction of sp³-hybridized carbons (Fsp3) is 0.143. The summed E-state index contributed by atoms with van der Waals surface area (Å²) in [6.07, 6.45) is -2.52. The average Bonchev–Trinajstić information content (AvgIpc) is 2.38. The van der Waals surface area contributed by atoms with Crippen molar-refractivity contribution < 1.29 is 17.6 Å². The fourth-order valence-corrected chi connectivity index (χ4v) is 1.64. The molecule has 0 spiro atoms. The maximum Gasteiger partial charge on any atom is 0.263 e. The lowest BCUT2D eigenvalue weighted by molar-refractivity contribution is 0.151. The van der Waals surface area contributed by atoms with E-state index in [1.165, 1.54) is 30.3 Å². The van der Waals surface area contributed by atoms with E-state index in [4.69, 9.17) is 0 Å². The van der Waals surface area contributed by atoms with E-state index in [1.807, 2.05) is 0 Å². The van der Waals surface area contributed by atoms with Crippen LogP contribution in [0.15, 0.2) is 42.5 Å². The summed E-state index contributed by atoms with van der Waals surface area (Å²) in [5, 5.41) is 2.61. The van der Waals surface area contributed by atoms with Gasteiger partial charge in [-0.15, -0.1) is 0 Å². The van der Waals surface area contributed by atoms with Gasteiger partial charge in [0.1, 0.15) is 17.3 Å². The smallest absolute Gasteiger partial charge is 0.263 e. The van der Waals surface area contributed by atoms with Crippen molar-refractivity contribution >= 4 is 5.69 Å². The number of benzene rings is 2. The van der Waals surface area contributed by atoms with Crippen LogP contribution in [-0.4, -0.2) is 0 Å². The van der Waals surface area contributed by atoms with Crippen LogP contribution in [0.3, 0.4) is 0 Å². The largest absolute Gasteiger partial charge is 0.376 e. The third-order valence-corrected chi connectivity index (χ3v) is 2.66. The first-order valence-electron chi connectivity index (χ1n) is 5.63. The summed E-state index contributed by atoms with van der Waals surface area (Å²) in [5.41, 5.74) is 0.355. The second-order valence-corrected chi connectivity index (χ2v) is 3.99. The minimum absolute atomic E-state index is 0.0826. The van der Waals surface area contributed by atoms with E-state index in [2.05, 4.69) is 5.32 Å². The maximum atomic E-state index is 13.3. The van der Waals surface area contributed by atoms with Gasteiger partial charge in [-0.25, -0.2) is 17.6 Å². The molecule has 0 radical (unpaired) electrons. The molecule has 0 aliphatic rings. The Hall–Kier alpha value is -2.04. The summed E-state index contributed by atoms with van der Waals surface area (Å²) in [4.78, 5) is 0. The van der Waals surface area contributed by atoms with E-state index in [0.29, 0.717) is 5.56 Å². The Morgan fingerprint density at radius 3 is 2.00 bits per heavy atom. The van der Waals surface area contributed by atoms with Gasteiger partial charge in [-0.05, 0) is 17.7 Å². The zero-order valence-corrected chi connectivity index (χ0v) is 9.84. The van der Waals surface area contributed by atoms with Crippen LogP contribution in [0, 0.1) is 11.6 Å². The molecule has 0 aliphatic heterocycles. The summed E-state index contributed by atoms with van der Waals surface area (Å²) >= 11 is 0. The summed E-state index contributed by atoms with van der Waals surface area (Å²) in [7, 11) is 0. The summed E-state index contributed by atoms with van der Waals surface area (Å²) < 4.78 is 51.3. The zero-order valence-electron chi connectivity index (χ0n) is 9.84. The molecular weight excluding hydrogens is 258 g/mol. The van der Waals surface area contributed by atoms with Crippen LogP contribution >= 0.6 is 0 Å². The van der Waals surface area contributed by atoms with Crippen LogP contribution in [-0.2, 0) is 6.54 Å². The van der Waals surface area contributed by atoms with E-state index >= 15 is 0 Å². The van der Waals surface area contributed by atoms with Gasteiger partial charge in [-0.2, -0.15) is 0 Å². The number of halogens is 4. The predicted molar refractivity (Wildman–Crippen MR) is 65.1 cm³/mol. The maximum absolute atomic E-state index is 13.3. The molecule has 1 nitrogen and oxygen atoms in total. The molecule has 0 saturated carbocycles. The van der Waals surface area contributed by atoms with E-state index < -0.39 is 18.1 Å². The minimum atomic E-state index is -2.52. The quantitative estimate of drug-likeness (QED) is 0.805. The molecule has 0 unspecified atom stereocenters. The molecule has 2 rings (SSSR count). The Kier molecular flexibility index (Phi) is 4.04. The first-order valence-corrected chi connectivity index (χ1v) is 5.63. The van der Waals surface area contributed by atoms with Crippen molar-refractivity contribution in [1.29, 1.82) is 0 Å². The van der Waals surface area contributed by atoms with Crippen molar-refractivity contribution in [2.24, 2.45) is 0 Å². The van der Waals surface area contributed by atoms with Crippen LogP contribution in [0.1, 0.15) is 17.6 Å². The van der Waals surface area contributed by atoms with Crippen molar-refractivity contribution in [3.05, 3.63) is 65.2 Å². The zero-order chi connectivity index (χ0) is 13.8. The molecule has 2 aromatic carbocycles. The van der Waals surface area contributed by atoms with E-state index in [9.17, 15) is 17.6 Å². The first-order chi connectivity index (χ1) is 9.08. The highest BCUT2D eigenvalue weighted by Crippen LogP contribution is 2.21. The van der Waals surface area contributed by atoms with Crippen molar-refractivity contribution in [1.82, 2.24) is 0 Å². The van der Waals surface area contributed by atoms with Crippen molar-refractivity contribution in [3.8, 4) is 0 Å². The van der Waals surface area contributed by atoms with Gasteiger partial charge in [0.2, 0.25) is 0 Å². The lowest BCUT2D eigenvalue weighted by Crippen LogP contribution is -2.03. The Bertz CT molecular complexity index is 532. The Balaban J connectivity index is 2.06. The van der Waals surface area contributed by atoms with Gasteiger partial charge in [0.25, 0.3) is 6.43 Å². The van der Waals surface area contributed by atoms with Crippen LogP contribution in [0.4, 0.5) is 23.2 Å². The van der Waals surface area contributed by atoms with Gasteiger partial charge in [-0.3, -0.25) is 0 Å². The topological polar surface area (TPSA) is 12.0 Å². The van der Waals surface area contributed by atoms with Crippen molar-refractivity contribution in [3.63, 3.8) is 0 Å². The third-order valence-electron chi connectivity index (χ3n) is 2.66. The standard InChI is InChI=1S/C14H11F4N/c15-11-2-1-3-12(16)13(11)19-8-9-4-6-10(7-5-9)14(17)18/h1-7,14,19H,8H2. The predicted octanol–water partition coefficient (Wildman–Crippen LogP) is 4.51. The third kappa shape index (κ3) is 3.24. The Morgan fingerprint density at radius 1 is 0.895 bits per heavy atom. The van der Waals surface area contributed by atoms with Crippen LogP contribution in [0.5, 0.6) is 0 Å². The number of hydrogen-bond donors (Lipinski definition) is 1. The first kappa shape index (κ1) is 13.4. The van der Waals surface area contributed by atoms with Crippen molar-refractivity contribution in [2.75, 3.05) is 5.32 Å². The minimum Gasteiger partial charge on any atom is -0.376 e. The summed E-state index contributed by atoms with van der Waals surface area (Å²) in [5.74, 6) is -1.38. The van der Waals surface area contributed by atoms with E-state index in [1.54, 1.807) is 0 Å². The number of alkyl halides is 2. The second kappa shape index (κ2) is 5.73. The average molecular weight is 269 g/mol. The molecule has 0 amide bonds. The monoisotopic (exact) mass is 269 g/mol. The molecule has 0 bridgehead atoms. The number of hydrogen-bond acceptors (Lipinski definition) is 1. The van der Waals surface area contributed by atoms with Gasteiger partial charge >= 0.3 is 0 Å². The normalized spacial score (nSPS) is 10.8. The highest BCUT2D eigenvalue weighted by atomic mass is 19.3. The lowest BCUT2D eigenvalue weighted by Gasteiger charge is -2.09. The Labute approximate surface area is 107 Å². The molecule has 0 saturated heterocycles. The molecule has 0 aliphatic carbocycles. The molecule has 100 valence electrons. The highest BCUT2D eigenvalue weighted by molar-refractivity contribution is 5.46. The molecular formula is C14H11F4N. The molecule has 5 heteroatoms. The highest BCUT2D eigenvalue weighted by Gasteiger charge is 2.08. The molecule has 1 N–H and O–H groups in total. The van der Waals surface area contributed by atoms with E-state index in [0.717, 1.165) is 12.1 Å². The fourth-order valence-electron chi connectivity index (χ4n) is 1.64. The van der Waals surface area contributed by atoms with Gasteiger partial charge in [-0.1, -0.05) is 30.3 Å². The number of nitrogens with one attached hydrogen (secondary N) is 1. The van der Waals surface area contributed by atoms with Crippen LogP contribution in [0.25, 0.3) is 0 Å². The summed E-state index contributed by atoms with van der Waals surface area (Å²) in [6.45, 7) is 0.154. The Morgan fingerprint density at radius 2 is 1.47 bits per heavy atom. The number of rotatable bonds is 4. The number of anilines is 1. The van der Waals surface area contributed by atoms with Gasteiger partial charge < -0.3 is 5.32 Å². The van der Waals surface area contributed by atoms with E-state index in [-0.39, 0.29) is 17.8 Å². The SMILES string of the molecule is Fc1cccc(F)c1NCc1ccc(C(F)F)cc1. The van der Waals surface area contributed by atoms with Crippen LogP contribution in [0.2, 0.25) is 0 Å².